The molecule has 2 aliphatic heterocycles. The molecular weight excluding hydrogens is 917 g/mol. The van der Waals surface area contributed by atoms with Crippen LogP contribution in [0.25, 0.3) is 10.8 Å². The third kappa shape index (κ3) is 11.6. The Bertz CT molecular complexity index is 2880. The zero-order chi connectivity index (χ0) is 48.2. The monoisotopic (exact) mass is 972 g/mol. The summed E-state index contributed by atoms with van der Waals surface area (Å²) < 4.78 is 125. The van der Waals surface area contributed by atoms with E-state index in [1.807, 2.05) is 63.6 Å². The molecule has 0 saturated carbocycles. The van der Waals surface area contributed by atoms with Gasteiger partial charge in [-0.1, -0.05) is 38.1 Å². The number of nitrogens with zero attached hydrogens (tertiary/aromatic N) is 2. The Morgan fingerprint density at radius 3 is 2.08 bits per heavy atom. The maximum absolute atomic E-state index is 13.1. The molecule has 0 spiro atoms. The Hall–Kier alpha value is -4.61. The molecule has 2 heterocycles. The Kier molecular flexibility index (Phi) is 15.6. The van der Waals surface area contributed by atoms with Gasteiger partial charge in [-0.15, -0.1) is 0 Å². The first-order chi connectivity index (χ1) is 30.9. The van der Waals surface area contributed by atoms with Crippen LogP contribution < -0.4 is 5.06 Å². The van der Waals surface area contributed by atoms with Crippen LogP contribution in [0.15, 0.2) is 104 Å². The van der Waals surface area contributed by atoms with Crippen LogP contribution >= 0.6 is 0 Å². The Labute approximate surface area is 385 Å². The second-order valence-electron chi connectivity index (χ2n) is 17.3. The van der Waals surface area contributed by atoms with Gasteiger partial charge in [0, 0.05) is 36.1 Å². The minimum absolute atomic E-state index is 0.0367. The second kappa shape index (κ2) is 20.3. The van der Waals surface area contributed by atoms with Crippen LogP contribution in [-0.2, 0) is 65.0 Å². The summed E-state index contributed by atoms with van der Waals surface area (Å²) in [6.07, 6.45) is 13.4. The Morgan fingerprint density at radius 2 is 1.44 bits per heavy atom. The largest absolute Gasteiger partial charge is 0.744 e. The van der Waals surface area contributed by atoms with Crippen LogP contribution in [0, 0.1) is 0 Å². The molecule has 0 saturated heterocycles. The van der Waals surface area contributed by atoms with Gasteiger partial charge in [0.2, 0.25) is 5.69 Å². The number of hydrogen-bond acceptors (Lipinski definition) is 13. The lowest BCUT2D eigenvalue weighted by Gasteiger charge is -2.26. The number of unbranched alkanes of at least 4 members (excludes halogenated alkanes) is 1. The van der Waals surface area contributed by atoms with Gasteiger partial charge in [-0.25, -0.2) is 13.5 Å². The highest BCUT2D eigenvalue weighted by Gasteiger charge is 2.46. The highest BCUT2D eigenvalue weighted by molar-refractivity contribution is 7.86. The van der Waals surface area contributed by atoms with Gasteiger partial charge < -0.3 is 23.9 Å². The lowest BCUT2D eigenvalue weighted by atomic mass is 9.80. The number of hydroxylamine groups is 1. The van der Waals surface area contributed by atoms with Crippen molar-refractivity contribution in [1.29, 1.82) is 0 Å². The SMILES string of the molecule is C[N+]1=C(/C=C/C2=CC(=C/C=C3/N(OCCOCCOCCOCCCCC(=O)O)c4c(S(=O)(=O)O)cc5cc(S(=O)(=O)O)ccc5c4C3(C)C)/CCC2)C(C)(C)c2cc(S(=O)(=O)[O-])ccc21. The van der Waals surface area contributed by atoms with Gasteiger partial charge in [0.05, 0.1) is 66.2 Å². The van der Waals surface area contributed by atoms with Crippen molar-refractivity contribution in [2.45, 2.75) is 91.7 Å². The summed E-state index contributed by atoms with van der Waals surface area (Å²) in [5.74, 6) is -0.843. The van der Waals surface area contributed by atoms with Crippen molar-refractivity contribution in [2.75, 3.05) is 58.4 Å². The molecule has 20 heteroatoms. The van der Waals surface area contributed by atoms with Gasteiger partial charge in [-0.05, 0) is 110 Å². The maximum Gasteiger partial charge on any atom is 0.303 e. The molecule has 17 nitrogen and oxygen atoms in total. The average molecular weight is 973 g/mol. The molecule has 0 radical (unpaired) electrons. The Balaban J connectivity index is 1.25. The fraction of sp³-hybridized carbons (Fsp3) is 0.435. The molecule has 0 fully saturated rings. The number of rotatable bonds is 21. The summed E-state index contributed by atoms with van der Waals surface area (Å²) in [4.78, 5) is 15.7. The fourth-order valence-electron chi connectivity index (χ4n) is 8.65. The van der Waals surface area contributed by atoms with Gasteiger partial charge in [-0.3, -0.25) is 18.7 Å². The molecule has 0 unspecified atom stereocenters. The topological polar surface area (TPSA) is 246 Å². The number of ether oxygens (including phenoxy) is 3. The van der Waals surface area contributed by atoms with E-state index in [2.05, 4.69) is 6.08 Å². The number of carbonyl (C=O) groups is 1. The van der Waals surface area contributed by atoms with Gasteiger partial charge >= 0.3 is 5.97 Å². The first-order valence-corrected chi connectivity index (χ1v) is 25.7. The minimum atomic E-state index is -4.95. The van der Waals surface area contributed by atoms with E-state index in [4.69, 9.17) is 24.2 Å². The van der Waals surface area contributed by atoms with E-state index < -0.39 is 56.9 Å². The summed E-state index contributed by atoms with van der Waals surface area (Å²) in [6.45, 7) is 9.24. The molecule has 358 valence electrons. The number of fused-ring (bicyclic) bond motifs is 4. The van der Waals surface area contributed by atoms with Crippen LogP contribution in [0.3, 0.4) is 0 Å². The van der Waals surface area contributed by atoms with Gasteiger partial charge in [-0.2, -0.15) is 21.4 Å². The van der Waals surface area contributed by atoms with E-state index in [0.717, 1.165) is 59.5 Å². The molecule has 3 N–H and O–H groups in total. The predicted octanol–water partition coefficient (Wildman–Crippen LogP) is 6.75. The number of anilines is 1. The summed E-state index contributed by atoms with van der Waals surface area (Å²) in [5, 5.41) is 10.7. The highest BCUT2D eigenvalue weighted by Crippen LogP contribution is 2.54. The molecular formula is C46H56N2O15S3. The molecule has 0 amide bonds. The third-order valence-corrected chi connectivity index (χ3v) is 14.5. The normalized spacial score (nSPS) is 18.5. The molecule has 0 aromatic heterocycles. The van der Waals surface area contributed by atoms with E-state index in [9.17, 15) is 43.7 Å². The number of aliphatic carboxylic acids is 1. The van der Waals surface area contributed by atoms with E-state index in [1.165, 1.54) is 29.3 Å². The molecule has 66 heavy (non-hydrogen) atoms. The number of carboxylic acid groups (broad SMARTS) is 1. The third-order valence-electron chi connectivity index (χ3n) is 11.9. The van der Waals surface area contributed by atoms with E-state index in [1.54, 1.807) is 6.07 Å². The van der Waals surface area contributed by atoms with Crippen LogP contribution in [-0.4, -0.2) is 114 Å². The zero-order valence-electron chi connectivity index (χ0n) is 37.5. The van der Waals surface area contributed by atoms with Crippen LogP contribution in [0.1, 0.15) is 77.3 Å². The van der Waals surface area contributed by atoms with Crippen molar-refractivity contribution >= 4 is 64.2 Å². The van der Waals surface area contributed by atoms with Crippen molar-refractivity contribution in [3.8, 4) is 0 Å². The van der Waals surface area contributed by atoms with Crippen LogP contribution in [0.5, 0.6) is 0 Å². The number of benzene rings is 3. The smallest absolute Gasteiger partial charge is 0.303 e. The zero-order valence-corrected chi connectivity index (χ0v) is 39.9. The van der Waals surface area contributed by atoms with Crippen molar-refractivity contribution in [3.63, 3.8) is 0 Å². The molecule has 0 bridgehead atoms. The lowest BCUT2D eigenvalue weighted by molar-refractivity contribution is -0.401. The molecule has 3 aliphatic rings. The van der Waals surface area contributed by atoms with Crippen molar-refractivity contribution in [1.82, 2.24) is 0 Å². The first-order valence-electron chi connectivity index (χ1n) is 21.4. The van der Waals surface area contributed by atoms with Gasteiger partial charge in [0.25, 0.3) is 20.2 Å². The molecule has 3 aromatic rings. The summed E-state index contributed by atoms with van der Waals surface area (Å²) in [6, 6.07) is 9.40. The first kappa shape index (κ1) is 50.8. The molecule has 0 atom stereocenters. The molecule has 6 rings (SSSR count). The average Bonchev–Trinajstić information content (AvgIpc) is 3.57. The predicted molar refractivity (Wildman–Crippen MR) is 245 cm³/mol. The van der Waals surface area contributed by atoms with Crippen molar-refractivity contribution in [2.24, 2.45) is 0 Å². The fourth-order valence-corrected chi connectivity index (χ4v) is 10.4. The lowest BCUT2D eigenvalue weighted by Crippen LogP contribution is -2.28. The highest BCUT2D eigenvalue weighted by atomic mass is 32.2. The van der Waals surface area contributed by atoms with Gasteiger partial charge in [0.1, 0.15) is 22.1 Å². The quantitative estimate of drug-likeness (QED) is 0.0567. The molecule has 3 aromatic carbocycles. The molecule has 1 aliphatic carbocycles. The number of hydrogen-bond donors (Lipinski definition) is 3. The second-order valence-corrected chi connectivity index (χ2v) is 21.5. The minimum Gasteiger partial charge on any atom is -0.744 e. The van der Waals surface area contributed by atoms with E-state index in [-0.39, 0.29) is 48.8 Å². The number of allylic oxidation sites excluding steroid dienone is 8. The van der Waals surface area contributed by atoms with E-state index in [0.29, 0.717) is 49.3 Å². The van der Waals surface area contributed by atoms with Crippen LogP contribution in [0.4, 0.5) is 11.4 Å². The van der Waals surface area contributed by atoms with Crippen LogP contribution in [0.2, 0.25) is 0 Å². The van der Waals surface area contributed by atoms with Crippen molar-refractivity contribution in [3.05, 3.63) is 101 Å². The number of carboxylic acids is 1. The van der Waals surface area contributed by atoms with Gasteiger partial charge in [0.15, 0.2) is 5.71 Å². The summed E-state index contributed by atoms with van der Waals surface area (Å²) in [5.41, 5.74) is 3.79. The van der Waals surface area contributed by atoms with Crippen molar-refractivity contribution < 1.29 is 72.4 Å². The standard InChI is InChI=1S/C46H56N2O15S3/c1-45(2)37-30-35(65(54,55)56)15-17-38(37)47(5)40(45)18-12-31-9-8-10-32(27-31)13-19-41-46(3,4)43-36-16-14-34(64(51,52)53)28-33(36)29-39(66(57,58)59)44(43)48(41)63-26-25-62-24-23-61-22-21-60-20-7-6-11-42(49)50/h12-19,27-30H,6-11,20-26H2,1-5H3,(H3-,49,50,51,52,53,54,55,56,57,58,59). The summed E-state index contributed by atoms with van der Waals surface area (Å²) >= 11 is 0. The van der Waals surface area contributed by atoms with E-state index >= 15 is 0 Å². The summed E-state index contributed by atoms with van der Waals surface area (Å²) in [7, 11) is -12.4. The maximum atomic E-state index is 13.1. The Morgan fingerprint density at radius 1 is 0.788 bits per heavy atom.